The fraction of sp³-hybridized carbons (Fsp3) is 0.143. The van der Waals surface area contributed by atoms with E-state index >= 15 is 0 Å². The highest BCUT2D eigenvalue weighted by molar-refractivity contribution is 7.87. The van der Waals surface area contributed by atoms with Crippen molar-refractivity contribution in [1.29, 1.82) is 0 Å². The van der Waals surface area contributed by atoms with Gasteiger partial charge in [0.15, 0.2) is 0 Å². The third-order valence-electron chi connectivity index (χ3n) is 10.9. The van der Waals surface area contributed by atoms with Gasteiger partial charge in [-0.3, -0.25) is 36.9 Å². The summed E-state index contributed by atoms with van der Waals surface area (Å²) in [4.78, 5) is 64.5. The lowest BCUT2D eigenvalue weighted by Gasteiger charge is -2.16. The van der Waals surface area contributed by atoms with E-state index in [-0.39, 0.29) is 11.4 Å². The van der Waals surface area contributed by atoms with Crippen molar-refractivity contribution in [2.45, 2.75) is 67.1 Å². The van der Waals surface area contributed by atoms with E-state index in [9.17, 15) is 107 Å². The maximum absolute atomic E-state index is 12.9. The van der Waals surface area contributed by atoms with Gasteiger partial charge in [0, 0.05) is 24.2 Å². The molecule has 0 aliphatic rings. The van der Waals surface area contributed by atoms with E-state index in [1.165, 1.54) is 0 Å². The smallest absolute Gasteiger partial charge is 0.326 e. The Labute approximate surface area is 483 Å². The molecule has 4 aromatic carbocycles. The highest BCUT2D eigenvalue weighted by atomic mass is 32.2. The van der Waals surface area contributed by atoms with Gasteiger partial charge in [-0.25, -0.2) is 9.59 Å². The van der Waals surface area contributed by atoms with Gasteiger partial charge in [-0.15, -0.1) is 0 Å². The number of hydrogen-bond acceptors (Lipinski definition) is 28. The summed E-state index contributed by atoms with van der Waals surface area (Å²) >= 11 is 0. The SMILES string of the molecule is O=C(O)CC[C@H](Nc1nc(Nc2ccc(C=Cc3ccc(Nc4nc(Nc5cc(S(=O)(=O)O)ccc5S(=O)(=O)O)nc(N[C@@H](CCC(=O)O)C(=O)O)n4)cc3S(=O)(=O)O)c(S(=O)(=O)O)c2)nc(Nc2cc(S(=O)(=O)O)ccc2S(=O)(=O)O)n1)C(=O)O. The first-order valence-corrected chi connectivity index (χ1v) is 31.4. The largest absolute Gasteiger partial charge is 0.481 e. The molecule has 0 unspecified atom stereocenters. The Kier molecular flexibility index (Phi) is 19.6. The second-order valence-corrected chi connectivity index (χ2v) is 25.5. The van der Waals surface area contributed by atoms with Crippen molar-refractivity contribution in [1.82, 2.24) is 29.9 Å². The number of carboxylic acids is 4. The topological polar surface area (TPSA) is 625 Å². The van der Waals surface area contributed by atoms with E-state index in [1.807, 2.05) is 0 Å². The first-order valence-electron chi connectivity index (χ1n) is 22.8. The molecule has 6 rings (SSSR count). The number of aromatic nitrogens is 6. The molecule has 2 heterocycles. The van der Waals surface area contributed by atoms with Crippen LogP contribution in [0.3, 0.4) is 0 Å². The van der Waals surface area contributed by atoms with Crippen molar-refractivity contribution in [2.24, 2.45) is 0 Å². The summed E-state index contributed by atoms with van der Waals surface area (Å²) in [7, 11) is -31.1. The minimum absolute atomic E-state index is 0.348. The van der Waals surface area contributed by atoms with Crippen LogP contribution in [0.15, 0.2) is 102 Å². The molecule has 0 aliphatic carbocycles. The number of carbonyl (C=O) groups is 4. The highest BCUT2D eigenvalue weighted by Gasteiger charge is 2.27. The Morgan fingerprint density at radius 3 is 0.965 bits per heavy atom. The Morgan fingerprint density at radius 1 is 0.384 bits per heavy atom. The lowest BCUT2D eigenvalue weighted by atomic mass is 10.1. The second kappa shape index (κ2) is 25.6. The minimum atomic E-state index is -5.31. The molecule has 6 aromatic rings. The van der Waals surface area contributed by atoms with Crippen LogP contribution in [0.4, 0.5) is 58.4 Å². The molecule has 0 radical (unpaired) electrons. The van der Waals surface area contributed by atoms with Crippen molar-refractivity contribution in [2.75, 3.05) is 31.9 Å². The number of anilines is 10. The van der Waals surface area contributed by atoms with Crippen LogP contribution in [0, 0.1) is 0 Å². The van der Waals surface area contributed by atoms with E-state index in [0.717, 1.165) is 48.6 Å². The molecule has 2 aromatic heterocycles. The highest BCUT2D eigenvalue weighted by Crippen LogP contribution is 2.32. The van der Waals surface area contributed by atoms with Gasteiger partial charge < -0.3 is 52.3 Å². The fourth-order valence-electron chi connectivity index (χ4n) is 7.08. The number of hydrogen-bond donors (Lipinski definition) is 16. The number of nitrogens with zero attached hydrogens (tertiary/aromatic N) is 6. The quantitative estimate of drug-likeness (QED) is 0.0247. The Bertz CT molecular complexity index is 4200. The Balaban J connectivity index is 1.39. The van der Waals surface area contributed by atoms with Gasteiger partial charge >= 0.3 is 23.9 Å². The third kappa shape index (κ3) is 18.1. The zero-order chi connectivity index (χ0) is 64.1. The number of nitrogens with one attached hydrogen (secondary N) is 6. The minimum Gasteiger partial charge on any atom is -0.481 e. The van der Waals surface area contributed by atoms with Crippen LogP contribution >= 0.6 is 0 Å². The molecule has 86 heavy (non-hydrogen) atoms. The Morgan fingerprint density at radius 2 is 0.686 bits per heavy atom. The van der Waals surface area contributed by atoms with Crippen LogP contribution in [-0.2, 0) is 79.9 Å². The zero-order valence-electron chi connectivity index (χ0n) is 42.2. The molecule has 0 saturated carbocycles. The summed E-state index contributed by atoms with van der Waals surface area (Å²) < 4.78 is 208. The van der Waals surface area contributed by atoms with Gasteiger partial charge in [-0.1, -0.05) is 24.3 Å². The molecule has 16 N–H and O–H groups in total. The van der Waals surface area contributed by atoms with E-state index in [0.29, 0.717) is 36.4 Å². The van der Waals surface area contributed by atoms with Gasteiger partial charge in [-0.05, 0) is 84.6 Å². The van der Waals surface area contributed by atoms with Crippen molar-refractivity contribution in [3.63, 3.8) is 0 Å². The van der Waals surface area contributed by atoms with Crippen LogP contribution in [0.1, 0.15) is 36.8 Å². The third-order valence-corrected chi connectivity index (χ3v) is 16.2. The first kappa shape index (κ1) is 65.9. The van der Waals surface area contributed by atoms with Crippen LogP contribution in [0.25, 0.3) is 12.2 Å². The van der Waals surface area contributed by atoms with Gasteiger partial charge in [-0.2, -0.15) is 80.4 Å². The average molecular weight is 1320 g/mol. The zero-order valence-corrected chi connectivity index (χ0v) is 47.1. The second-order valence-electron chi connectivity index (χ2n) is 17.1. The summed E-state index contributed by atoms with van der Waals surface area (Å²) in [5.74, 6) is -10.6. The molecule has 0 spiro atoms. The predicted octanol–water partition coefficient (Wildman–Crippen LogP) is 2.14. The number of benzene rings is 4. The number of aliphatic carboxylic acids is 4. The monoisotopic (exact) mass is 1320 g/mol. The van der Waals surface area contributed by atoms with Crippen LogP contribution in [0.2, 0.25) is 0 Å². The molecule has 44 heteroatoms. The predicted molar refractivity (Wildman–Crippen MR) is 290 cm³/mol. The van der Waals surface area contributed by atoms with E-state index in [2.05, 4.69) is 61.8 Å². The summed E-state index contributed by atoms with van der Waals surface area (Å²) in [5.41, 5.74) is -3.17. The molecule has 38 nitrogen and oxygen atoms in total. The molecule has 0 aliphatic heterocycles. The fourth-order valence-corrected chi connectivity index (χ4v) is 10.8. The lowest BCUT2D eigenvalue weighted by molar-refractivity contribution is -0.141. The summed E-state index contributed by atoms with van der Waals surface area (Å²) in [6, 6.07) is 5.39. The average Bonchev–Trinajstić information content (AvgIpc) is 1.07. The van der Waals surface area contributed by atoms with Crippen LogP contribution in [-0.4, -0.2) is 164 Å². The molecular formula is C42H40N12O26S6. The summed E-state index contributed by atoms with van der Waals surface area (Å²) in [6.45, 7) is 0. The van der Waals surface area contributed by atoms with Crippen molar-refractivity contribution >= 4 is 155 Å². The van der Waals surface area contributed by atoms with Gasteiger partial charge in [0.25, 0.3) is 60.7 Å². The van der Waals surface area contributed by atoms with Crippen LogP contribution in [0.5, 0.6) is 0 Å². The Hall–Kier alpha value is -9.22. The molecule has 0 fully saturated rings. The standard InChI is InChI=1S/C42H40N12O26S6/c55-33(56)13-9-25(35(59)60)45-39-49-37(51-41(53-39)47-27-17-23(81(63,64)65)7-11-29(27)83(69,70)71)43-21-5-3-19(31(15-21)85(75,76)77)1-2-20-4-6-22(16-32(20)86(78,79)80)44-38-50-40(46-26(36(61)62)10-14-34(57)58)54-42(52-38)48-28-18-24(82(66,67)68)8-12-30(28)84(72,73)74/h1-8,11-12,15-18,25-26H,9-10,13-14H2,(H,55,56)(H,57,58)(H,59,60)(H,61,62)(H,63,64,65)(H,66,67,68)(H,69,70,71)(H,72,73,74)(H,75,76,77)(H,78,79,80)(H3,43,45,47,49,51,53)(H3,44,46,48,50,52,54)/t25-,26-/m0/s1. The van der Waals surface area contributed by atoms with E-state index < -0.39 is 210 Å². The maximum atomic E-state index is 12.9. The molecule has 2 atom stereocenters. The molecular weight excluding hydrogens is 1280 g/mol. The molecule has 0 amide bonds. The van der Waals surface area contributed by atoms with Gasteiger partial charge in [0.1, 0.15) is 31.7 Å². The summed E-state index contributed by atoms with van der Waals surface area (Å²) in [5, 5.41) is 52.0. The lowest BCUT2D eigenvalue weighted by Crippen LogP contribution is -2.31. The molecule has 460 valence electrons. The normalized spacial score (nSPS) is 13.0. The maximum Gasteiger partial charge on any atom is 0.326 e. The molecule has 0 saturated heterocycles. The van der Waals surface area contributed by atoms with Crippen molar-refractivity contribution in [3.8, 4) is 0 Å². The van der Waals surface area contributed by atoms with Crippen LogP contribution < -0.4 is 31.9 Å². The molecule has 0 bridgehead atoms. The number of rotatable bonds is 28. The van der Waals surface area contributed by atoms with E-state index in [4.69, 9.17) is 10.2 Å². The first-order chi connectivity index (χ1) is 39.6. The van der Waals surface area contributed by atoms with Gasteiger partial charge in [0.2, 0.25) is 35.7 Å². The van der Waals surface area contributed by atoms with Crippen molar-refractivity contribution in [3.05, 3.63) is 83.9 Å². The number of carboxylic acid groups (broad SMARTS) is 4. The van der Waals surface area contributed by atoms with Gasteiger partial charge in [0.05, 0.1) is 21.2 Å². The van der Waals surface area contributed by atoms with E-state index in [1.54, 1.807) is 0 Å². The van der Waals surface area contributed by atoms with Crippen molar-refractivity contribution < 1.29 is 117 Å². The summed E-state index contributed by atoms with van der Waals surface area (Å²) in [6.07, 6.45) is -0.814.